The summed E-state index contributed by atoms with van der Waals surface area (Å²) >= 11 is 3.79. The predicted octanol–water partition coefficient (Wildman–Crippen LogP) is 9.71. The van der Waals surface area contributed by atoms with E-state index in [0.29, 0.717) is 34.3 Å². The Hall–Kier alpha value is -5.57. The van der Waals surface area contributed by atoms with Crippen molar-refractivity contribution in [1.29, 1.82) is 0 Å². The first-order valence-corrected chi connectivity index (χ1v) is 15.6. The van der Waals surface area contributed by atoms with E-state index in [0.717, 1.165) is 48.8 Å². The molecule has 0 saturated carbocycles. The molecule has 0 saturated heterocycles. The molecule has 0 N–H and O–H groups in total. The second-order valence-corrected chi connectivity index (χ2v) is 11.6. The number of hydrogen-bond donors (Lipinski definition) is 0. The third kappa shape index (κ3) is 5.76. The van der Waals surface area contributed by atoms with Crippen LogP contribution in [0, 0.1) is 10.1 Å². The normalized spacial score (nSPS) is 11.7. The summed E-state index contributed by atoms with van der Waals surface area (Å²) in [6.07, 6.45) is 7.67. The van der Waals surface area contributed by atoms with Crippen molar-refractivity contribution in [2.24, 2.45) is 0 Å². The number of ether oxygens (including phenoxy) is 1. The molecule has 0 spiro atoms. The van der Waals surface area contributed by atoms with E-state index in [1.54, 1.807) is 12.1 Å². The number of rotatable bonds is 5. The average Bonchev–Trinajstić information content (AvgIpc) is 3.93. The zero-order valence-electron chi connectivity index (χ0n) is 24.9. The van der Waals surface area contributed by atoms with Crippen molar-refractivity contribution in [2.75, 3.05) is 0 Å². The fraction of sp³-hybridized carbons (Fsp3) is 0. The number of nitrogens with zero attached hydrogens (tertiary/aromatic N) is 5. The maximum absolute atomic E-state index is 11.3. The SMILES string of the molecule is O=[N+]([O-])c1ccc(Oc2c3nc(c(-c4ccccc4)c4ccc([n-]4)c(Br)c4ccc([n-]4)c(-c4ccccc4)c4nc2C=C4)C=C3)cc1.[Ni+2]. The summed E-state index contributed by atoms with van der Waals surface area (Å²) in [4.78, 5) is 31.1. The minimum atomic E-state index is -0.441. The molecule has 0 fully saturated rings. The number of halogens is 1. The Morgan fingerprint density at radius 1 is 0.583 bits per heavy atom. The fourth-order valence-electron chi connectivity index (χ4n) is 5.69. The van der Waals surface area contributed by atoms with Crippen molar-refractivity contribution in [1.82, 2.24) is 19.9 Å². The fourth-order valence-corrected chi connectivity index (χ4v) is 6.13. The Bertz CT molecular complexity index is 2280. The molecule has 0 aliphatic carbocycles. The van der Waals surface area contributed by atoms with Gasteiger partial charge in [-0.1, -0.05) is 101 Å². The van der Waals surface area contributed by atoms with Gasteiger partial charge in [-0.2, -0.15) is 0 Å². The number of nitro benzene ring substituents is 1. The maximum Gasteiger partial charge on any atom is 2.00 e. The van der Waals surface area contributed by atoms with E-state index < -0.39 is 4.92 Å². The van der Waals surface area contributed by atoms with Crippen LogP contribution in [0.5, 0.6) is 11.5 Å². The number of hydrogen-bond acceptors (Lipinski definition) is 5. The summed E-state index contributed by atoms with van der Waals surface area (Å²) in [6.45, 7) is 0. The van der Waals surface area contributed by atoms with Crippen molar-refractivity contribution in [2.45, 2.75) is 0 Å². The molecule has 6 aromatic rings. The van der Waals surface area contributed by atoms with Gasteiger partial charge in [0.05, 0.1) is 16.3 Å². The van der Waals surface area contributed by atoms with Crippen molar-refractivity contribution in [3.63, 3.8) is 0 Å². The predicted molar refractivity (Wildman–Crippen MR) is 189 cm³/mol. The van der Waals surface area contributed by atoms with Gasteiger partial charge in [-0.3, -0.25) is 10.1 Å². The second kappa shape index (κ2) is 12.9. The van der Waals surface area contributed by atoms with E-state index in [4.69, 9.17) is 24.7 Å². The van der Waals surface area contributed by atoms with Crippen molar-refractivity contribution >= 4 is 68.0 Å². The first kappa shape index (κ1) is 31.1. The van der Waals surface area contributed by atoms with E-state index in [1.807, 2.05) is 109 Å². The summed E-state index contributed by atoms with van der Waals surface area (Å²) < 4.78 is 7.23. The smallest absolute Gasteiger partial charge is 0.656 e. The summed E-state index contributed by atoms with van der Waals surface area (Å²) in [6, 6.07) is 33.9. The average molecular weight is 735 g/mol. The van der Waals surface area contributed by atoms with E-state index in [1.165, 1.54) is 12.1 Å². The monoisotopic (exact) mass is 733 g/mol. The van der Waals surface area contributed by atoms with Crippen LogP contribution in [0.2, 0.25) is 0 Å². The molecule has 2 aliphatic rings. The molecule has 10 heteroatoms. The molecule has 0 amide bonds. The minimum absolute atomic E-state index is 0. The van der Waals surface area contributed by atoms with Gasteiger partial charge in [-0.25, -0.2) is 9.97 Å². The first-order valence-electron chi connectivity index (χ1n) is 14.8. The van der Waals surface area contributed by atoms with Crippen LogP contribution in [-0.4, -0.2) is 14.9 Å². The standard InChI is InChI=1S/C38H22BrN5O3.Ni/c39-37-31-19-15-27(40-31)35(23-7-3-1-4-8-23)29-17-21-33(42-29)38(47-26-13-11-25(12-14-26)44(45)46)34-22-18-30(43-34)36(24-9-5-2-6-10-24)28-16-20-32(37)41-28;/h1-22H;/q-2;+2. The van der Waals surface area contributed by atoms with E-state index in [2.05, 4.69) is 15.9 Å². The van der Waals surface area contributed by atoms with Crippen LogP contribution in [0.3, 0.4) is 0 Å². The third-order valence-corrected chi connectivity index (χ3v) is 8.70. The molecule has 8 rings (SSSR count). The van der Waals surface area contributed by atoms with Crippen LogP contribution >= 0.6 is 15.9 Å². The van der Waals surface area contributed by atoms with E-state index in [9.17, 15) is 10.1 Å². The number of non-ortho nitro benzene ring substituents is 1. The molecule has 2 aliphatic heterocycles. The molecular formula is C38H22BrN5NiO3. The van der Waals surface area contributed by atoms with Gasteiger partial charge in [0.1, 0.15) is 17.1 Å². The van der Waals surface area contributed by atoms with Crippen LogP contribution in [-0.2, 0) is 16.5 Å². The summed E-state index contributed by atoms with van der Waals surface area (Å²) in [5.41, 5.74) is 9.15. The van der Waals surface area contributed by atoms with Gasteiger partial charge in [0, 0.05) is 12.1 Å². The van der Waals surface area contributed by atoms with Crippen molar-refractivity contribution < 1.29 is 26.2 Å². The van der Waals surface area contributed by atoms with Crippen LogP contribution in [0.15, 0.2) is 114 Å². The molecule has 48 heavy (non-hydrogen) atoms. The van der Waals surface area contributed by atoms with Crippen LogP contribution in [0.25, 0.3) is 68.6 Å². The first-order chi connectivity index (χ1) is 23.0. The Balaban J connectivity index is 0.00000364. The van der Waals surface area contributed by atoms with Gasteiger partial charge in [0.25, 0.3) is 5.69 Å². The van der Waals surface area contributed by atoms with Gasteiger partial charge in [0.15, 0.2) is 5.75 Å². The molecule has 0 unspecified atom stereocenters. The Labute approximate surface area is 293 Å². The molecule has 8 nitrogen and oxygen atoms in total. The van der Waals surface area contributed by atoms with Gasteiger partial charge in [-0.05, 0) is 63.2 Å². The number of benzene rings is 3. The van der Waals surface area contributed by atoms with Gasteiger partial charge < -0.3 is 14.7 Å². The Morgan fingerprint density at radius 3 is 1.48 bits per heavy atom. The van der Waals surface area contributed by atoms with Gasteiger partial charge in [0.2, 0.25) is 0 Å². The maximum atomic E-state index is 11.3. The molecule has 8 bridgehead atoms. The molecule has 0 atom stereocenters. The van der Waals surface area contributed by atoms with Gasteiger partial charge in [-0.15, -0.1) is 22.1 Å². The molecular weight excluding hydrogens is 713 g/mol. The quantitative estimate of drug-likeness (QED) is 0.0985. The Morgan fingerprint density at radius 2 is 1.02 bits per heavy atom. The number of nitro groups is 1. The number of aromatic nitrogens is 4. The Kier molecular flexibility index (Phi) is 8.35. The summed E-state index contributed by atoms with van der Waals surface area (Å²) in [7, 11) is 0. The zero-order chi connectivity index (χ0) is 31.9. The molecule has 5 heterocycles. The zero-order valence-corrected chi connectivity index (χ0v) is 27.4. The van der Waals surface area contributed by atoms with E-state index >= 15 is 0 Å². The molecule has 3 aromatic heterocycles. The summed E-state index contributed by atoms with van der Waals surface area (Å²) in [5, 5.41) is 11.3. The molecule has 3 aromatic carbocycles. The van der Waals surface area contributed by atoms with Crippen molar-refractivity contribution in [3.05, 3.63) is 147 Å². The number of fused-ring (bicyclic) bond motifs is 8. The van der Waals surface area contributed by atoms with Crippen LogP contribution < -0.4 is 14.7 Å². The second-order valence-electron chi connectivity index (χ2n) is 10.8. The van der Waals surface area contributed by atoms with Crippen molar-refractivity contribution in [3.8, 4) is 33.8 Å². The minimum Gasteiger partial charge on any atom is -0.656 e. The largest absolute Gasteiger partial charge is 2.00 e. The molecule has 0 radical (unpaired) electrons. The van der Waals surface area contributed by atoms with Gasteiger partial charge >= 0.3 is 16.5 Å². The molecule has 234 valence electrons. The van der Waals surface area contributed by atoms with Crippen LogP contribution in [0.4, 0.5) is 5.69 Å². The summed E-state index contributed by atoms with van der Waals surface area (Å²) in [5.74, 6) is 0.824. The third-order valence-electron chi connectivity index (χ3n) is 7.89. The van der Waals surface area contributed by atoms with E-state index in [-0.39, 0.29) is 22.2 Å². The van der Waals surface area contributed by atoms with Crippen LogP contribution in [0.1, 0.15) is 22.8 Å². The topological polar surface area (TPSA) is 106 Å².